The maximum absolute atomic E-state index is 13.2. The zero-order valence-corrected chi connectivity index (χ0v) is 19.3. The topological polar surface area (TPSA) is 91.8 Å². The average molecular weight is 462 g/mol. The zero-order valence-electron chi connectivity index (χ0n) is 17.7. The molecule has 0 aliphatic carbocycles. The minimum atomic E-state index is -3.84. The van der Waals surface area contributed by atoms with Gasteiger partial charge in [-0.15, -0.1) is 11.3 Å². The predicted molar refractivity (Wildman–Crippen MR) is 120 cm³/mol. The normalized spacial score (nSPS) is 11.2. The largest absolute Gasteiger partial charge is 0.497 e. The van der Waals surface area contributed by atoms with Gasteiger partial charge in [-0.05, 0) is 43.7 Å². The van der Waals surface area contributed by atoms with Crippen molar-refractivity contribution in [3.8, 4) is 11.5 Å². The Balaban J connectivity index is 2.07. The van der Waals surface area contributed by atoms with Crippen molar-refractivity contribution in [1.29, 1.82) is 0 Å². The van der Waals surface area contributed by atoms with Crippen LogP contribution in [0, 0.1) is 0 Å². The summed E-state index contributed by atoms with van der Waals surface area (Å²) in [5, 5.41) is 0. The SMILES string of the molecule is COC(=O)c1c(CS(=O)(=O)c2nc3ccccc3s2)cc(OC)cc1OCC=C(C)C. The van der Waals surface area contributed by atoms with Crippen LogP contribution in [-0.4, -0.2) is 40.2 Å². The molecule has 1 heterocycles. The number of carbonyl (C=O) groups excluding carboxylic acids is 1. The number of hydrogen-bond donors (Lipinski definition) is 0. The van der Waals surface area contributed by atoms with Crippen LogP contribution in [0.4, 0.5) is 0 Å². The minimum Gasteiger partial charge on any atom is -0.497 e. The lowest BCUT2D eigenvalue weighted by Crippen LogP contribution is -2.14. The van der Waals surface area contributed by atoms with E-state index in [9.17, 15) is 13.2 Å². The van der Waals surface area contributed by atoms with E-state index in [0.29, 0.717) is 11.3 Å². The van der Waals surface area contributed by atoms with Crippen molar-refractivity contribution in [2.24, 2.45) is 0 Å². The monoisotopic (exact) mass is 461 g/mol. The van der Waals surface area contributed by atoms with Crippen molar-refractivity contribution in [1.82, 2.24) is 4.98 Å². The van der Waals surface area contributed by atoms with E-state index in [-0.39, 0.29) is 27.8 Å². The number of nitrogens with zero attached hydrogens (tertiary/aromatic N) is 1. The molecular weight excluding hydrogens is 438 g/mol. The summed E-state index contributed by atoms with van der Waals surface area (Å²) in [6.45, 7) is 4.06. The number of hydrogen-bond acceptors (Lipinski definition) is 8. The van der Waals surface area contributed by atoms with Crippen LogP contribution < -0.4 is 9.47 Å². The van der Waals surface area contributed by atoms with Crippen LogP contribution in [0.3, 0.4) is 0 Å². The fourth-order valence-electron chi connectivity index (χ4n) is 2.87. The highest BCUT2D eigenvalue weighted by atomic mass is 32.2. The number of carbonyl (C=O) groups is 1. The second-order valence-electron chi connectivity index (χ2n) is 6.95. The predicted octanol–water partition coefficient (Wildman–Crippen LogP) is 4.41. The number of para-hydroxylation sites is 1. The highest BCUT2D eigenvalue weighted by Gasteiger charge is 2.27. The van der Waals surface area contributed by atoms with Crippen molar-refractivity contribution in [3.63, 3.8) is 0 Å². The van der Waals surface area contributed by atoms with Crippen molar-refractivity contribution in [3.05, 3.63) is 59.2 Å². The van der Waals surface area contributed by atoms with Crippen molar-refractivity contribution >= 4 is 37.4 Å². The van der Waals surface area contributed by atoms with E-state index in [4.69, 9.17) is 14.2 Å². The molecule has 0 amide bonds. The fourth-order valence-corrected chi connectivity index (χ4v) is 5.52. The van der Waals surface area contributed by atoms with Gasteiger partial charge in [-0.2, -0.15) is 0 Å². The van der Waals surface area contributed by atoms with E-state index in [1.54, 1.807) is 18.2 Å². The highest BCUT2D eigenvalue weighted by molar-refractivity contribution is 7.92. The maximum Gasteiger partial charge on any atom is 0.341 e. The molecule has 3 rings (SSSR count). The molecule has 0 aliphatic rings. The van der Waals surface area contributed by atoms with Crippen molar-refractivity contribution in [2.75, 3.05) is 20.8 Å². The summed E-state index contributed by atoms with van der Waals surface area (Å²) in [6, 6.07) is 10.2. The second kappa shape index (κ2) is 9.49. The van der Waals surface area contributed by atoms with Crippen LogP contribution in [-0.2, 0) is 20.3 Å². The molecule has 0 radical (unpaired) electrons. The zero-order chi connectivity index (χ0) is 22.6. The third-order valence-electron chi connectivity index (χ3n) is 4.40. The Kier molecular flexibility index (Phi) is 6.97. The molecule has 0 spiro atoms. The summed E-state index contributed by atoms with van der Waals surface area (Å²) in [4.78, 5) is 16.8. The van der Waals surface area contributed by atoms with Gasteiger partial charge >= 0.3 is 5.97 Å². The average Bonchev–Trinajstić information content (AvgIpc) is 3.18. The van der Waals surface area contributed by atoms with Crippen molar-refractivity contribution < 1.29 is 27.4 Å². The first-order valence-electron chi connectivity index (χ1n) is 9.39. The third-order valence-corrected chi connectivity index (χ3v) is 7.56. The third kappa shape index (κ3) is 5.23. The summed E-state index contributed by atoms with van der Waals surface area (Å²) in [5.41, 5.74) is 1.92. The molecule has 164 valence electrons. The van der Waals surface area contributed by atoms with Crippen LogP contribution >= 0.6 is 11.3 Å². The van der Waals surface area contributed by atoms with Gasteiger partial charge in [-0.25, -0.2) is 18.2 Å². The summed E-state index contributed by atoms with van der Waals surface area (Å²) in [5.74, 6) is -0.579. The van der Waals surface area contributed by atoms with Gasteiger partial charge in [-0.1, -0.05) is 17.7 Å². The first-order valence-corrected chi connectivity index (χ1v) is 11.9. The van der Waals surface area contributed by atoms with Crippen LogP contribution in [0.1, 0.15) is 29.8 Å². The van der Waals surface area contributed by atoms with E-state index in [2.05, 4.69) is 4.98 Å². The molecule has 1 aromatic heterocycles. The Morgan fingerprint density at radius 1 is 1.16 bits per heavy atom. The van der Waals surface area contributed by atoms with Gasteiger partial charge in [0.2, 0.25) is 14.2 Å². The fraction of sp³-hybridized carbons (Fsp3) is 0.273. The van der Waals surface area contributed by atoms with Crippen LogP contribution in [0.2, 0.25) is 0 Å². The molecule has 0 saturated heterocycles. The smallest absolute Gasteiger partial charge is 0.341 e. The highest BCUT2D eigenvalue weighted by Crippen LogP contribution is 2.34. The molecule has 3 aromatic rings. The summed E-state index contributed by atoms with van der Waals surface area (Å²) in [6.07, 6.45) is 1.85. The lowest BCUT2D eigenvalue weighted by Gasteiger charge is -2.15. The first-order chi connectivity index (χ1) is 14.7. The van der Waals surface area contributed by atoms with Crippen molar-refractivity contribution in [2.45, 2.75) is 23.9 Å². The van der Waals surface area contributed by atoms with Gasteiger partial charge in [0, 0.05) is 6.07 Å². The standard InChI is InChI=1S/C22H23NO6S2/c1-14(2)9-10-29-18-12-16(27-3)11-15(20(18)21(24)28-4)13-31(25,26)22-23-17-7-5-6-8-19(17)30-22/h5-9,11-12H,10,13H2,1-4H3. The molecule has 0 atom stereocenters. The van der Waals surface area contributed by atoms with Crippen LogP contribution in [0.15, 0.2) is 52.4 Å². The molecule has 0 aliphatic heterocycles. The Hall–Kier alpha value is -2.91. The van der Waals surface area contributed by atoms with Gasteiger partial charge in [-0.3, -0.25) is 0 Å². The van der Waals surface area contributed by atoms with Gasteiger partial charge in [0.1, 0.15) is 23.7 Å². The number of thiazole rings is 1. The van der Waals surface area contributed by atoms with E-state index < -0.39 is 21.6 Å². The lowest BCUT2D eigenvalue weighted by atomic mass is 10.1. The molecule has 0 N–H and O–H groups in total. The number of methoxy groups -OCH3 is 2. The summed E-state index contributed by atoms with van der Waals surface area (Å²) < 4.78 is 43.0. The molecular formula is C22H23NO6S2. The van der Waals surface area contributed by atoms with Gasteiger partial charge in [0.25, 0.3) is 0 Å². The summed E-state index contributed by atoms with van der Waals surface area (Å²) >= 11 is 1.09. The molecule has 2 aromatic carbocycles. The van der Waals surface area contributed by atoms with E-state index >= 15 is 0 Å². The second-order valence-corrected chi connectivity index (χ2v) is 10.1. The van der Waals surface area contributed by atoms with Crippen LogP contribution in [0.25, 0.3) is 10.2 Å². The molecule has 0 bridgehead atoms. The quantitative estimate of drug-likeness (QED) is 0.362. The van der Waals surface area contributed by atoms with Gasteiger partial charge < -0.3 is 14.2 Å². The Morgan fingerprint density at radius 3 is 2.55 bits per heavy atom. The number of benzene rings is 2. The number of rotatable bonds is 8. The van der Waals surface area contributed by atoms with E-state index in [1.165, 1.54) is 20.3 Å². The molecule has 9 heteroatoms. The number of esters is 1. The molecule has 0 fully saturated rings. The lowest BCUT2D eigenvalue weighted by molar-refractivity contribution is 0.0595. The van der Waals surface area contributed by atoms with Crippen LogP contribution in [0.5, 0.6) is 11.5 Å². The number of allylic oxidation sites excluding steroid dienone is 1. The first kappa shape index (κ1) is 22.8. The number of aromatic nitrogens is 1. The summed E-state index contributed by atoms with van der Waals surface area (Å²) in [7, 11) is -1.15. The molecule has 0 unspecified atom stereocenters. The minimum absolute atomic E-state index is 0.0145. The Morgan fingerprint density at radius 2 is 1.90 bits per heavy atom. The van der Waals surface area contributed by atoms with E-state index in [0.717, 1.165) is 21.6 Å². The number of sulfone groups is 1. The molecule has 31 heavy (non-hydrogen) atoms. The molecule has 7 nitrogen and oxygen atoms in total. The Labute approximate surface area is 185 Å². The van der Waals surface area contributed by atoms with Gasteiger partial charge in [0.15, 0.2) is 0 Å². The number of ether oxygens (including phenoxy) is 3. The number of fused-ring (bicyclic) bond motifs is 1. The van der Waals surface area contributed by atoms with Gasteiger partial charge in [0.05, 0.1) is 30.2 Å². The Bertz CT molecular complexity index is 1210. The maximum atomic E-state index is 13.2. The van der Waals surface area contributed by atoms with E-state index in [1.807, 2.05) is 32.1 Å². The molecule has 0 saturated carbocycles.